The number of nitrogens with zero attached hydrogens (tertiary/aromatic N) is 2. The molecule has 0 spiro atoms. The summed E-state index contributed by atoms with van der Waals surface area (Å²) in [6.45, 7) is 5.50. The predicted molar refractivity (Wildman–Crippen MR) is 112 cm³/mol. The highest BCUT2D eigenvalue weighted by molar-refractivity contribution is 6.30. The van der Waals surface area contributed by atoms with Gasteiger partial charge in [-0.2, -0.15) is 0 Å². The van der Waals surface area contributed by atoms with Crippen LogP contribution in [0.25, 0.3) is 0 Å². The first kappa shape index (κ1) is 22.4. The molecular formula is C21H24ClN3O4. The zero-order valence-electron chi connectivity index (χ0n) is 16.6. The Morgan fingerprint density at radius 3 is 2.31 bits per heavy atom. The van der Waals surface area contributed by atoms with E-state index < -0.39 is 11.0 Å². The summed E-state index contributed by atoms with van der Waals surface area (Å²) in [5, 5.41) is 14.6. The molecule has 154 valence electrons. The van der Waals surface area contributed by atoms with Crippen LogP contribution in [0.2, 0.25) is 5.02 Å². The van der Waals surface area contributed by atoms with Crippen molar-refractivity contribution in [1.82, 2.24) is 10.2 Å². The lowest BCUT2D eigenvalue weighted by molar-refractivity contribution is -0.385. The molecule has 2 aromatic rings. The third-order valence-corrected chi connectivity index (χ3v) is 4.65. The minimum Gasteiger partial charge on any atom is -0.352 e. The summed E-state index contributed by atoms with van der Waals surface area (Å²) in [6, 6.07) is 12.3. The minimum absolute atomic E-state index is 0.0763. The standard InChI is InChI=1S/C21H24ClN3O4/c1-14(2)23-21(27)15(3)24(13-16-8-10-18(22)11-9-16)20(26)12-17-6-4-5-7-19(17)25(28)29/h4-11,14-15H,12-13H2,1-3H3,(H,23,27). The van der Waals surface area contributed by atoms with E-state index in [4.69, 9.17) is 11.6 Å². The van der Waals surface area contributed by atoms with Crippen LogP contribution in [0, 0.1) is 10.1 Å². The van der Waals surface area contributed by atoms with Crippen molar-refractivity contribution < 1.29 is 14.5 Å². The number of hydrogen-bond acceptors (Lipinski definition) is 4. The number of benzene rings is 2. The van der Waals surface area contributed by atoms with Crippen LogP contribution in [0.4, 0.5) is 5.69 Å². The zero-order chi connectivity index (χ0) is 21.6. The lowest BCUT2D eigenvalue weighted by atomic mass is 10.1. The zero-order valence-corrected chi connectivity index (χ0v) is 17.3. The molecule has 0 fully saturated rings. The topological polar surface area (TPSA) is 92.6 Å². The molecule has 1 N–H and O–H groups in total. The lowest BCUT2D eigenvalue weighted by Gasteiger charge is -2.29. The molecule has 2 aromatic carbocycles. The van der Waals surface area contributed by atoms with Crippen molar-refractivity contribution in [3.8, 4) is 0 Å². The molecule has 2 amide bonds. The fraction of sp³-hybridized carbons (Fsp3) is 0.333. The van der Waals surface area contributed by atoms with Crippen LogP contribution in [0.1, 0.15) is 31.9 Å². The Balaban J connectivity index is 2.30. The van der Waals surface area contributed by atoms with E-state index in [1.54, 1.807) is 49.4 Å². The summed E-state index contributed by atoms with van der Waals surface area (Å²) in [5.74, 6) is -0.662. The van der Waals surface area contributed by atoms with Gasteiger partial charge in [-0.3, -0.25) is 19.7 Å². The van der Waals surface area contributed by atoms with Crippen LogP contribution < -0.4 is 5.32 Å². The normalized spacial score (nSPS) is 11.8. The van der Waals surface area contributed by atoms with Crippen LogP contribution in [0.3, 0.4) is 0 Å². The molecule has 1 atom stereocenters. The number of rotatable bonds is 8. The number of nitro benzene ring substituents is 1. The fourth-order valence-electron chi connectivity index (χ4n) is 2.88. The summed E-state index contributed by atoms with van der Waals surface area (Å²) in [5.41, 5.74) is 0.987. The van der Waals surface area contributed by atoms with E-state index >= 15 is 0 Å². The van der Waals surface area contributed by atoms with E-state index in [0.717, 1.165) is 5.56 Å². The highest BCUT2D eigenvalue weighted by Gasteiger charge is 2.28. The summed E-state index contributed by atoms with van der Waals surface area (Å²) in [7, 11) is 0. The first-order chi connectivity index (χ1) is 13.7. The third kappa shape index (κ3) is 6.29. The van der Waals surface area contributed by atoms with E-state index in [1.807, 2.05) is 13.8 Å². The summed E-state index contributed by atoms with van der Waals surface area (Å²) in [4.78, 5) is 37.8. The van der Waals surface area contributed by atoms with Gasteiger partial charge in [-0.15, -0.1) is 0 Å². The molecule has 7 nitrogen and oxygen atoms in total. The van der Waals surface area contributed by atoms with Crippen LogP contribution in [0.15, 0.2) is 48.5 Å². The monoisotopic (exact) mass is 417 g/mol. The van der Waals surface area contributed by atoms with Gasteiger partial charge >= 0.3 is 0 Å². The van der Waals surface area contributed by atoms with E-state index in [-0.39, 0.29) is 36.5 Å². The van der Waals surface area contributed by atoms with Gasteiger partial charge in [0.2, 0.25) is 11.8 Å². The van der Waals surface area contributed by atoms with Gasteiger partial charge in [0.25, 0.3) is 5.69 Å². The molecule has 0 bridgehead atoms. The van der Waals surface area contributed by atoms with Crippen molar-refractivity contribution in [3.05, 3.63) is 74.8 Å². The molecular weight excluding hydrogens is 394 g/mol. The van der Waals surface area contributed by atoms with E-state index in [9.17, 15) is 19.7 Å². The first-order valence-electron chi connectivity index (χ1n) is 9.25. The molecule has 0 radical (unpaired) electrons. The Bertz CT molecular complexity index is 884. The number of carbonyl (C=O) groups excluding carboxylic acids is 2. The number of hydrogen-bond donors (Lipinski definition) is 1. The molecule has 0 aliphatic heterocycles. The Morgan fingerprint density at radius 2 is 1.72 bits per heavy atom. The summed E-state index contributed by atoms with van der Waals surface area (Å²) < 4.78 is 0. The maximum atomic E-state index is 13.1. The second-order valence-electron chi connectivity index (χ2n) is 7.05. The summed E-state index contributed by atoms with van der Waals surface area (Å²) >= 11 is 5.93. The molecule has 0 saturated heterocycles. The number of halogens is 1. The molecule has 0 aliphatic rings. The second-order valence-corrected chi connectivity index (χ2v) is 7.49. The molecule has 8 heteroatoms. The number of carbonyl (C=O) groups is 2. The Hall–Kier alpha value is -2.93. The van der Waals surface area contributed by atoms with Gasteiger partial charge < -0.3 is 10.2 Å². The molecule has 1 unspecified atom stereocenters. The van der Waals surface area contributed by atoms with E-state index in [0.29, 0.717) is 10.6 Å². The van der Waals surface area contributed by atoms with Crippen LogP contribution >= 0.6 is 11.6 Å². The van der Waals surface area contributed by atoms with Gasteiger partial charge in [0.15, 0.2) is 0 Å². The van der Waals surface area contributed by atoms with E-state index in [1.165, 1.54) is 11.0 Å². The van der Waals surface area contributed by atoms with Gasteiger partial charge in [0, 0.05) is 29.2 Å². The minimum atomic E-state index is -0.747. The highest BCUT2D eigenvalue weighted by atomic mass is 35.5. The van der Waals surface area contributed by atoms with Crippen molar-refractivity contribution in [2.45, 2.75) is 45.8 Å². The number of nitrogens with one attached hydrogen (secondary N) is 1. The Kier molecular flexibility index (Phi) is 7.73. The van der Waals surface area contributed by atoms with Crippen LogP contribution in [0.5, 0.6) is 0 Å². The Morgan fingerprint density at radius 1 is 1.10 bits per heavy atom. The highest BCUT2D eigenvalue weighted by Crippen LogP contribution is 2.21. The van der Waals surface area contributed by atoms with Crippen molar-refractivity contribution in [2.24, 2.45) is 0 Å². The lowest BCUT2D eigenvalue weighted by Crippen LogP contribution is -2.49. The molecule has 29 heavy (non-hydrogen) atoms. The molecule has 0 saturated carbocycles. The Labute approximate surface area is 174 Å². The van der Waals surface area contributed by atoms with Gasteiger partial charge in [0.05, 0.1) is 11.3 Å². The quantitative estimate of drug-likeness (QED) is 0.523. The van der Waals surface area contributed by atoms with Crippen LogP contribution in [-0.2, 0) is 22.6 Å². The first-order valence-corrected chi connectivity index (χ1v) is 9.63. The molecule has 0 heterocycles. The largest absolute Gasteiger partial charge is 0.352 e. The van der Waals surface area contributed by atoms with E-state index in [2.05, 4.69) is 5.32 Å². The molecule has 0 aliphatic carbocycles. The molecule has 0 aromatic heterocycles. The fourth-order valence-corrected chi connectivity index (χ4v) is 3.00. The average Bonchev–Trinajstić information content (AvgIpc) is 2.66. The van der Waals surface area contributed by atoms with Crippen molar-refractivity contribution in [2.75, 3.05) is 0 Å². The van der Waals surface area contributed by atoms with Crippen molar-refractivity contribution in [3.63, 3.8) is 0 Å². The number of para-hydroxylation sites is 1. The maximum absolute atomic E-state index is 13.1. The number of nitro groups is 1. The second kappa shape index (κ2) is 10.0. The van der Waals surface area contributed by atoms with Gasteiger partial charge in [-0.25, -0.2) is 0 Å². The van der Waals surface area contributed by atoms with Crippen molar-refractivity contribution in [1.29, 1.82) is 0 Å². The third-order valence-electron chi connectivity index (χ3n) is 4.39. The SMILES string of the molecule is CC(C)NC(=O)C(C)N(Cc1ccc(Cl)cc1)C(=O)Cc1ccccc1[N+](=O)[O-]. The number of amides is 2. The molecule has 2 rings (SSSR count). The van der Waals surface area contributed by atoms with Gasteiger partial charge in [-0.1, -0.05) is 41.9 Å². The van der Waals surface area contributed by atoms with Crippen LogP contribution in [-0.4, -0.2) is 33.7 Å². The maximum Gasteiger partial charge on any atom is 0.273 e. The van der Waals surface area contributed by atoms with Gasteiger partial charge in [-0.05, 0) is 38.5 Å². The predicted octanol–water partition coefficient (Wildman–Crippen LogP) is 3.73. The van der Waals surface area contributed by atoms with Crippen molar-refractivity contribution >= 4 is 29.1 Å². The summed E-state index contributed by atoms with van der Waals surface area (Å²) in [6.07, 6.45) is -0.177. The van der Waals surface area contributed by atoms with Gasteiger partial charge in [0.1, 0.15) is 6.04 Å². The average molecular weight is 418 g/mol. The smallest absolute Gasteiger partial charge is 0.273 e.